The van der Waals surface area contributed by atoms with Crippen LogP contribution in [0.15, 0.2) is 30.5 Å². The SMILES string of the molecule is C[C@H]1[C@H](C)CCC[C@@H]1Nc1c(-c2ccc(Cl)cc2)nc2c(C#N)c[nH]n12. The Bertz CT molecular complexity index is 963. The summed E-state index contributed by atoms with van der Waals surface area (Å²) >= 11 is 6.04. The third-order valence-corrected chi connectivity index (χ3v) is 5.98. The lowest BCUT2D eigenvalue weighted by Crippen LogP contribution is -2.35. The van der Waals surface area contributed by atoms with Crippen LogP contribution in [0.1, 0.15) is 38.7 Å². The highest BCUT2D eigenvalue weighted by atomic mass is 35.5. The third kappa shape index (κ3) is 2.85. The number of halogens is 1. The number of imidazole rings is 1. The molecular formula is C20H22ClN5. The fraction of sp³-hybridized carbons (Fsp3) is 0.400. The van der Waals surface area contributed by atoms with Crippen LogP contribution in [-0.2, 0) is 0 Å². The summed E-state index contributed by atoms with van der Waals surface area (Å²) in [5.74, 6) is 2.19. The van der Waals surface area contributed by atoms with Crippen molar-refractivity contribution < 1.29 is 0 Å². The minimum absolute atomic E-state index is 0.388. The highest BCUT2D eigenvalue weighted by molar-refractivity contribution is 6.30. The molecule has 6 heteroatoms. The number of aromatic amines is 1. The molecule has 0 unspecified atom stereocenters. The average Bonchev–Trinajstić information content (AvgIpc) is 3.19. The average molecular weight is 368 g/mol. The second-order valence-electron chi connectivity index (χ2n) is 7.29. The lowest BCUT2D eigenvalue weighted by atomic mass is 9.78. The third-order valence-electron chi connectivity index (χ3n) is 5.72. The topological polar surface area (TPSA) is 68.9 Å². The maximum absolute atomic E-state index is 9.37. The molecule has 0 radical (unpaired) electrons. The predicted octanol–water partition coefficient (Wildman–Crippen LogP) is 5.09. The van der Waals surface area contributed by atoms with Crippen LogP contribution in [0.4, 0.5) is 5.82 Å². The first kappa shape index (κ1) is 17.0. The van der Waals surface area contributed by atoms with Crippen molar-refractivity contribution in [1.82, 2.24) is 14.6 Å². The number of fused-ring (bicyclic) bond motifs is 1. The molecule has 3 atom stereocenters. The van der Waals surface area contributed by atoms with E-state index in [1.165, 1.54) is 12.8 Å². The van der Waals surface area contributed by atoms with Gasteiger partial charge in [-0.05, 0) is 30.4 Å². The van der Waals surface area contributed by atoms with E-state index in [9.17, 15) is 5.26 Å². The van der Waals surface area contributed by atoms with E-state index >= 15 is 0 Å². The van der Waals surface area contributed by atoms with Crippen molar-refractivity contribution in [1.29, 1.82) is 5.26 Å². The van der Waals surface area contributed by atoms with Gasteiger partial charge >= 0.3 is 0 Å². The van der Waals surface area contributed by atoms with Gasteiger partial charge in [0.1, 0.15) is 17.3 Å². The number of benzene rings is 1. The monoisotopic (exact) mass is 367 g/mol. The molecule has 1 aromatic carbocycles. The summed E-state index contributed by atoms with van der Waals surface area (Å²) in [4.78, 5) is 4.76. The molecule has 0 aliphatic heterocycles. The second-order valence-corrected chi connectivity index (χ2v) is 7.73. The Balaban J connectivity index is 1.80. The van der Waals surface area contributed by atoms with Crippen LogP contribution in [-0.4, -0.2) is 20.6 Å². The van der Waals surface area contributed by atoms with Gasteiger partial charge in [-0.2, -0.15) is 5.26 Å². The summed E-state index contributed by atoms with van der Waals surface area (Å²) in [5, 5.41) is 17.0. The molecule has 1 fully saturated rings. The van der Waals surface area contributed by atoms with Crippen molar-refractivity contribution in [3.8, 4) is 17.3 Å². The maximum Gasteiger partial charge on any atom is 0.173 e. The molecule has 1 saturated carbocycles. The zero-order valence-electron chi connectivity index (χ0n) is 15.0. The quantitative estimate of drug-likeness (QED) is 0.677. The molecule has 1 aliphatic carbocycles. The fourth-order valence-corrected chi connectivity index (χ4v) is 4.03. The molecule has 0 spiro atoms. The highest BCUT2D eigenvalue weighted by Gasteiger charge is 2.29. The smallest absolute Gasteiger partial charge is 0.173 e. The Morgan fingerprint density at radius 3 is 2.77 bits per heavy atom. The van der Waals surface area contributed by atoms with Crippen LogP contribution in [0.3, 0.4) is 0 Å². The normalized spacial score (nSPS) is 23.1. The zero-order valence-corrected chi connectivity index (χ0v) is 15.7. The summed E-state index contributed by atoms with van der Waals surface area (Å²) in [7, 11) is 0. The Hall–Kier alpha value is -2.45. The summed E-state index contributed by atoms with van der Waals surface area (Å²) in [6, 6.07) is 10.3. The van der Waals surface area contributed by atoms with Crippen LogP contribution < -0.4 is 5.32 Å². The van der Waals surface area contributed by atoms with Gasteiger partial charge in [0.2, 0.25) is 0 Å². The van der Waals surface area contributed by atoms with E-state index in [-0.39, 0.29) is 0 Å². The number of hydrogen-bond donors (Lipinski definition) is 2. The van der Waals surface area contributed by atoms with Crippen LogP contribution >= 0.6 is 11.6 Å². The number of anilines is 1. The van der Waals surface area contributed by atoms with Gasteiger partial charge in [-0.3, -0.25) is 5.10 Å². The number of H-pyrrole nitrogens is 1. The first-order chi connectivity index (χ1) is 12.6. The van der Waals surface area contributed by atoms with E-state index in [4.69, 9.17) is 16.6 Å². The zero-order chi connectivity index (χ0) is 18.3. The summed E-state index contributed by atoms with van der Waals surface area (Å²) in [5.41, 5.74) is 3.01. The van der Waals surface area contributed by atoms with E-state index in [1.54, 1.807) is 6.20 Å². The van der Waals surface area contributed by atoms with E-state index in [1.807, 2.05) is 28.8 Å². The maximum atomic E-state index is 9.37. The lowest BCUT2D eigenvalue weighted by Gasteiger charge is -2.35. The molecule has 3 aromatic rings. The number of aromatic nitrogens is 3. The standard InChI is InChI=1S/C20H22ClN5/c1-12-4-3-5-17(13(12)2)24-20-18(14-6-8-16(21)9-7-14)25-19-15(10-22)11-23-26(19)20/h6-9,11-13,17,23-24H,3-5H2,1-2H3/t12-,13+,17+/m1/s1. The Kier molecular flexibility index (Phi) is 4.37. The number of nitrogens with one attached hydrogen (secondary N) is 2. The Morgan fingerprint density at radius 1 is 1.27 bits per heavy atom. The van der Waals surface area contributed by atoms with Crippen molar-refractivity contribution in [3.05, 3.63) is 41.0 Å². The fourth-order valence-electron chi connectivity index (χ4n) is 3.91. The molecule has 26 heavy (non-hydrogen) atoms. The van der Waals surface area contributed by atoms with Crippen molar-refractivity contribution >= 4 is 23.1 Å². The van der Waals surface area contributed by atoms with Gasteiger partial charge in [0.05, 0.1) is 0 Å². The second kappa shape index (κ2) is 6.69. The first-order valence-corrected chi connectivity index (χ1v) is 9.48. The predicted molar refractivity (Wildman–Crippen MR) is 104 cm³/mol. The minimum atomic E-state index is 0.388. The molecule has 2 N–H and O–H groups in total. The Labute approximate surface area is 158 Å². The largest absolute Gasteiger partial charge is 0.365 e. The molecule has 2 heterocycles. The molecular weight excluding hydrogens is 346 g/mol. The van der Waals surface area contributed by atoms with E-state index in [0.29, 0.717) is 34.1 Å². The molecule has 4 rings (SSSR count). The van der Waals surface area contributed by atoms with Crippen molar-refractivity contribution in [2.24, 2.45) is 11.8 Å². The summed E-state index contributed by atoms with van der Waals surface area (Å²) in [6.45, 7) is 4.64. The van der Waals surface area contributed by atoms with Crippen molar-refractivity contribution in [2.75, 3.05) is 5.32 Å². The summed E-state index contributed by atoms with van der Waals surface area (Å²) < 4.78 is 1.88. The van der Waals surface area contributed by atoms with Gasteiger partial charge < -0.3 is 5.32 Å². The lowest BCUT2D eigenvalue weighted by molar-refractivity contribution is 0.252. The number of rotatable bonds is 3. The molecule has 1 aliphatic rings. The van der Waals surface area contributed by atoms with Crippen molar-refractivity contribution in [3.63, 3.8) is 0 Å². The van der Waals surface area contributed by atoms with Gasteiger partial charge in [-0.15, -0.1) is 0 Å². The molecule has 5 nitrogen and oxygen atoms in total. The molecule has 134 valence electrons. The van der Waals surface area contributed by atoms with Gasteiger partial charge in [-0.1, -0.05) is 50.4 Å². The first-order valence-electron chi connectivity index (χ1n) is 9.11. The van der Waals surface area contributed by atoms with Crippen LogP contribution in [0.25, 0.3) is 16.9 Å². The van der Waals surface area contributed by atoms with Crippen LogP contribution in [0.5, 0.6) is 0 Å². The molecule has 0 bridgehead atoms. The van der Waals surface area contributed by atoms with E-state index in [2.05, 4.69) is 30.3 Å². The molecule has 0 amide bonds. The van der Waals surface area contributed by atoms with Crippen LogP contribution in [0.2, 0.25) is 5.02 Å². The number of hydrogen-bond acceptors (Lipinski definition) is 3. The van der Waals surface area contributed by atoms with Gasteiger partial charge in [0.25, 0.3) is 0 Å². The Morgan fingerprint density at radius 2 is 2.04 bits per heavy atom. The summed E-state index contributed by atoms with van der Waals surface area (Å²) in [6.07, 6.45) is 5.36. The van der Waals surface area contributed by atoms with Crippen LogP contribution in [0, 0.1) is 23.2 Å². The van der Waals surface area contributed by atoms with Crippen molar-refractivity contribution in [2.45, 2.75) is 39.2 Å². The van der Waals surface area contributed by atoms with E-state index < -0.39 is 0 Å². The minimum Gasteiger partial charge on any atom is -0.365 e. The van der Waals surface area contributed by atoms with Gasteiger partial charge in [-0.25, -0.2) is 9.50 Å². The molecule has 0 saturated heterocycles. The van der Waals surface area contributed by atoms with Gasteiger partial charge in [0.15, 0.2) is 11.5 Å². The van der Waals surface area contributed by atoms with Gasteiger partial charge in [0, 0.05) is 22.8 Å². The molecule has 2 aromatic heterocycles. The number of nitriles is 1. The number of nitrogens with zero attached hydrogens (tertiary/aromatic N) is 3. The highest BCUT2D eigenvalue weighted by Crippen LogP contribution is 2.35. The van der Waals surface area contributed by atoms with E-state index in [0.717, 1.165) is 23.5 Å².